The lowest BCUT2D eigenvalue weighted by molar-refractivity contribution is -0.148. The summed E-state index contributed by atoms with van der Waals surface area (Å²) in [5, 5.41) is 15.6. The van der Waals surface area contributed by atoms with E-state index in [1.165, 1.54) is 30.1 Å². The molecular weight excluding hydrogens is 379 g/mol. The molecule has 1 aliphatic rings. The van der Waals surface area contributed by atoms with Gasteiger partial charge in [-0.05, 0) is 31.0 Å². The highest BCUT2D eigenvalue weighted by molar-refractivity contribution is 5.95. The molecular formula is C18H18F3N3O4. The SMILES string of the molecule is COC(CNC(=O)c1cnn(-c2cccc(C(F)(F)F)c2)c1C1CC1)C(=O)O. The zero-order valence-electron chi connectivity index (χ0n) is 14.9. The molecule has 2 aromatic rings. The monoisotopic (exact) mass is 397 g/mol. The molecule has 1 aromatic carbocycles. The molecule has 0 aliphatic heterocycles. The number of aliphatic carboxylic acids is 1. The average molecular weight is 397 g/mol. The molecule has 1 atom stereocenters. The number of benzene rings is 1. The number of carbonyl (C=O) groups is 2. The Morgan fingerprint density at radius 2 is 2.11 bits per heavy atom. The summed E-state index contributed by atoms with van der Waals surface area (Å²) in [7, 11) is 1.21. The zero-order valence-corrected chi connectivity index (χ0v) is 14.9. The Labute approximate surface area is 158 Å². The first-order chi connectivity index (χ1) is 13.2. The molecule has 0 spiro atoms. The first-order valence-corrected chi connectivity index (χ1v) is 8.51. The van der Waals surface area contributed by atoms with E-state index in [1.54, 1.807) is 0 Å². The molecule has 1 saturated carbocycles. The summed E-state index contributed by atoms with van der Waals surface area (Å²) in [5.41, 5.74) is 0.120. The van der Waals surface area contributed by atoms with E-state index >= 15 is 0 Å². The molecule has 7 nitrogen and oxygen atoms in total. The van der Waals surface area contributed by atoms with Gasteiger partial charge in [0, 0.05) is 13.0 Å². The molecule has 1 fully saturated rings. The number of hydrogen-bond donors (Lipinski definition) is 2. The number of ether oxygens (including phenoxy) is 1. The van der Waals surface area contributed by atoms with Crippen LogP contribution in [0.2, 0.25) is 0 Å². The first-order valence-electron chi connectivity index (χ1n) is 8.51. The fourth-order valence-corrected chi connectivity index (χ4v) is 2.85. The van der Waals surface area contributed by atoms with Crippen molar-refractivity contribution in [2.75, 3.05) is 13.7 Å². The molecule has 150 valence electrons. The number of rotatable bonds is 7. The van der Waals surface area contributed by atoms with E-state index in [1.807, 2.05) is 0 Å². The number of carboxylic acid groups (broad SMARTS) is 1. The van der Waals surface area contributed by atoms with Crippen LogP contribution in [0, 0.1) is 0 Å². The maximum absolute atomic E-state index is 13.0. The van der Waals surface area contributed by atoms with Gasteiger partial charge in [-0.25, -0.2) is 9.48 Å². The van der Waals surface area contributed by atoms with Gasteiger partial charge in [-0.15, -0.1) is 0 Å². The predicted molar refractivity (Wildman–Crippen MR) is 91.3 cm³/mol. The fourth-order valence-electron chi connectivity index (χ4n) is 2.85. The molecule has 2 N–H and O–H groups in total. The minimum Gasteiger partial charge on any atom is -0.479 e. The summed E-state index contributed by atoms with van der Waals surface area (Å²) in [6.45, 7) is -0.247. The number of carbonyl (C=O) groups excluding carboxylic acids is 1. The lowest BCUT2D eigenvalue weighted by atomic mass is 10.1. The van der Waals surface area contributed by atoms with Crippen molar-refractivity contribution < 1.29 is 32.6 Å². The smallest absolute Gasteiger partial charge is 0.416 e. The van der Waals surface area contributed by atoms with Crippen LogP contribution in [-0.4, -0.2) is 46.5 Å². The van der Waals surface area contributed by atoms with Gasteiger partial charge in [-0.3, -0.25) is 4.79 Å². The van der Waals surface area contributed by atoms with Crippen molar-refractivity contribution >= 4 is 11.9 Å². The van der Waals surface area contributed by atoms with Crippen LogP contribution in [0.15, 0.2) is 30.5 Å². The Kier molecular flexibility index (Phi) is 5.41. The Hall–Kier alpha value is -2.88. The minimum atomic E-state index is -4.49. The molecule has 1 heterocycles. The third kappa shape index (κ3) is 4.16. The maximum atomic E-state index is 13.0. The number of halogens is 3. The molecule has 1 amide bonds. The lowest BCUT2D eigenvalue weighted by Gasteiger charge is -2.13. The van der Waals surface area contributed by atoms with Gasteiger partial charge in [0.15, 0.2) is 6.10 Å². The standard InChI is InChI=1S/C18H18F3N3O4/c1-28-14(17(26)27)9-22-16(25)13-8-23-24(15(13)10-5-6-10)12-4-2-3-11(7-12)18(19,20)21/h2-4,7-8,10,14H,5-6,9H2,1H3,(H,22,25)(H,26,27). The molecule has 1 aliphatic carbocycles. The Balaban J connectivity index is 1.89. The van der Waals surface area contributed by atoms with Gasteiger partial charge in [0.1, 0.15) is 0 Å². The van der Waals surface area contributed by atoms with Gasteiger partial charge in [0.05, 0.1) is 35.2 Å². The molecule has 1 aromatic heterocycles. The van der Waals surface area contributed by atoms with Crippen LogP contribution in [0.1, 0.15) is 40.4 Å². The quantitative estimate of drug-likeness (QED) is 0.749. The van der Waals surface area contributed by atoms with Crippen LogP contribution in [-0.2, 0) is 15.7 Å². The van der Waals surface area contributed by atoms with Crippen molar-refractivity contribution in [1.29, 1.82) is 0 Å². The predicted octanol–water partition coefficient (Wildman–Crippen LogP) is 2.60. The zero-order chi connectivity index (χ0) is 20.5. The van der Waals surface area contributed by atoms with Gasteiger partial charge in [-0.1, -0.05) is 6.07 Å². The van der Waals surface area contributed by atoms with Crippen LogP contribution in [0.4, 0.5) is 13.2 Å². The van der Waals surface area contributed by atoms with E-state index < -0.39 is 29.7 Å². The largest absolute Gasteiger partial charge is 0.479 e. The molecule has 1 unspecified atom stereocenters. The summed E-state index contributed by atoms with van der Waals surface area (Å²) in [6, 6.07) is 4.72. The number of alkyl halides is 3. The lowest BCUT2D eigenvalue weighted by Crippen LogP contribution is -2.38. The van der Waals surface area contributed by atoms with Gasteiger partial charge in [0.2, 0.25) is 0 Å². The second-order valence-electron chi connectivity index (χ2n) is 6.45. The highest BCUT2D eigenvalue weighted by Gasteiger charge is 2.34. The Morgan fingerprint density at radius 3 is 2.68 bits per heavy atom. The fraction of sp³-hybridized carbons (Fsp3) is 0.389. The minimum absolute atomic E-state index is 0.00971. The van der Waals surface area contributed by atoms with E-state index in [0.29, 0.717) is 5.69 Å². The van der Waals surface area contributed by atoms with Crippen LogP contribution < -0.4 is 5.32 Å². The molecule has 0 bridgehead atoms. The van der Waals surface area contributed by atoms with Crippen LogP contribution >= 0.6 is 0 Å². The number of nitrogens with one attached hydrogen (secondary N) is 1. The topological polar surface area (TPSA) is 93.5 Å². The van der Waals surface area contributed by atoms with Gasteiger partial charge >= 0.3 is 12.1 Å². The van der Waals surface area contributed by atoms with Crippen molar-refractivity contribution in [3.05, 3.63) is 47.3 Å². The van der Waals surface area contributed by atoms with Crippen LogP contribution in [0.5, 0.6) is 0 Å². The number of methoxy groups -OCH3 is 1. The number of carboxylic acids is 1. The van der Waals surface area contributed by atoms with Crippen molar-refractivity contribution in [3.8, 4) is 5.69 Å². The Morgan fingerprint density at radius 1 is 1.39 bits per heavy atom. The average Bonchev–Trinajstić information content (AvgIpc) is 3.39. The highest BCUT2D eigenvalue weighted by Crippen LogP contribution is 2.42. The molecule has 10 heteroatoms. The normalized spacial score (nSPS) is 15.3. The Bertz CT molecular complexity index is 890. The number of hydrogen-bond acceptors (Lipinski definition) is 4. The second-order valence-corrected chi connectivity index (χ2v) is 6.45. The third-order valence-corrected chi connectivity index (χ3v) is 4.44. The summed E-state index contributed by atoms with van der Waals surface area (Å²) in [5.74, 6) is -1.76. The van der Waals surface area contributed by atoms with E-state index in [4.69, 9.17) is 9.84 Å². The van der Waals surface area contributed by atoms with E-state index in [0.717, 1.165) is 25.0 Å². The molecule has 3 rings (SSSR count). The van der Waals surface area contributed by atoms with E-state index in [9.17, 15) is 22.8 Å². The van der Waals surface area contributed by atoms with E-state index in [-0.39, 0.29) is 23.7 Å². The number of nitrogens with zero attached hydrogens (tertiary/aromatic N) is 2. The number of amides is 1. The van der Waals surface area contributed by atoms with Crippen molar-refractivity contribution in [3.63, 3.8) is 0 Å². The molecule has 0 radical (unpaired) electrons. The van der Waals surface area contributed by atoms with Gasteiger partial charge < -0.3 is 15.2 Å². The summed E-state index contributed by atoms with van der Waals surface area (Å²) < 4.78 is 45.1. The van der Waals surface area contributed by atoms with Gasteiger partial charge in [-0.2, -0.15) is 18.3 Å². The second kappa shape index (κ2) is 7.63. The van der Waals surface area contributed by atoms with Crippen LogP contribution in [0.3, 0.4) is 0 Å². The molecule has 0 saturated heterocycles. The van der Waals surface area contributed by atoms with Crippen molar-refractivity contribution in [1.82, 2.24) is 15.1 Å². The number of aromatic nitrogens is 2. The maximum Gasteiger partial charge on any atom is 0.416 e. The summed E-state index contributed by atoms with van der Waals surface area (Å²) in [6.07, 6.45) is -2.82. The van der Waals surface area contributed by atoms with Crippen LogP contribution in [0.25, 0.3) is 5.69 Å². The third-order valence-electron chi connectivity index (χ3n) is 4.44. The highest BCUT2D eigenvalue weighted by atomic mass is 19.4. The summed E-state index contributed by atoms with van der Waals surface area (Å²) in [4.78, 5) is 23.5. The first kappa shape index (κ1) is 19.9. The van der Waals surface area contributed by atoms with Crippen molar-refractivity contribution in [2.45, 2.75) is 31.0 Å². The summed E-state index contributed by atoms with van der Waals surface area (Å²) >= 11 is 0. The van der Waals surface area contributed by atoms with Crippen molar-refractivity contribution in [2.24, 2.45) is 0 Å². The van der Waals surface area contributed by atoms with E-state index in [2.05, 4.69) is 10.4 Å². The van der Waals surface area contributed by atoms with Gasteiger partial charge in [0.25, 0.3) is 5.91 Å². The molecule has 28 heavy (non-hydrogen) atoms.